The van der Waals surface area contributed by atoms with Gasteiger partial charge in [-0.15, -0.1) is 0 Å². The smallest absolute Gasteiger partial charge is 0.416 e. The third-order valence-electron chi connectivity index (χ3n) is 8.72. The van der Waals surface area contributed by atoms with E-state index in [1.54, 1.807) is 44.3 Å². The van der Waals surface area contributed by atoms with Crippen molar-refractivity contribution in [3.63, 3.8) is 0 Å². The second-order valence-electron chi connectivity index (χ2n) is 12.1. The highest BCUT2D eigenvalue weighted by atomic mass is 32.2. The van der Waals surface area contributed by atoms with Gasteiger partial charge in [0.2, 0.25) is 10.0 Å². The lowest BCUT2D eigenvalue weighted by Gasteiger charge is -2.34. The van der Waals surface area contributed by atoms with Crippen LogP contribution in [0.2, 0.25) is 0 Å². The maximum absolute atomic E-state index is 13.8. The molecule has 5 heterocycles. The van der Waals surface area contributed by atoms with E-state index in [-0.39, 0.29) is 86.5 Å². The first-order valence-electron chi connectivity index (χ1n) is 15.4. The molecule has 47 heavy (non-hydrogen) atoms. The van der Waals surface area contributed by atoms with Crippen LogP contribution in [0.1, 0.15) is 64.7 Å². The molecule has 1 spiro atoms. The van der Waals surface area contributed by atoms with Gasteiger partial charge < -0.3 is 15.0 Å². The Bertz CT molecular complexity index is 1730. The number of Topliss-reactive ketones (excluding diaryl/α,β-unsaturated/α-hetero) is 1. The predicted octanol–water partition coefficient (Wildman–Crippen LogP) is 4.06. The topological polar surface area (TPSA) is 125 Å². The summed E-state index contributed by atoms with van der Waals surface area (Å²) >= 11 is 0. The van der Waals surface area contributed by atoms with E-state index >= 15 is 0 Å². The number of amidine groups is 1. The van der Waals surface area contributed by atoms with Crippen molar-refractivity contribution in [2.45, 2.75) is 57.2 Å². The molecule has 2 aromatic carbocycles. The van der Waals surface area contributed by atoms with Crippen molar-refractivity contribution in [2.75, 3.05) is 39.0 Å². The molecule has 1 fully saturated rings. The van der Waals surface area contributed by atoms with E-state index in [4.69, 9.17) is 4.74 Å². The van der Waals surface area contributed by atoms with Gasteiger partial charge >= 0.3 is 6.18 Å². The zero-order valence-corrected chi connectivity index (χ0v) is 27.0. The molecule has 0 atom stereocenters. The van der Waals surface area contributed by atoms with Gasteiger partial charge in [-0.3, -0.25) is 19.4 Å². The van der Waals surface area contributed by atoms with E-state index in [2.05, 4.69) is 10.3 Å². The van der Waals surface area contributed by atoms with Crippen LogP contribution in [0.25, 0.3) is 0 Å². The summed E-state index contributed by atoms with van der Waals surface area (Å²) in [5.41, 5.74) is -0.322. The van der Waals surface area contributed by atoms with Gasteiger partial charge in [0, 0.05) is 37.7 Å². The van der Waals surface area contributed by atoms with E-state index < -0.39 is 33.2 Å². The largest absolute Gasteiger partial charge is 0.493 e. The molecular formula is C33H37F3N4O6S. The average Bonchev–Trinajstić information content (AvgIpc) is 3.33. The van der Waals surface area contributed by atoms with E-state index in [1.807, 2.05) is 0 Å². The summed E-state index contributed by atoms with van der Waals surface area (Å²) in [5.74, 6) is -1.21. The van der Waals surface area contributed by atoms with E-state index in [9.17, 15) is 36.0 Å². The number of nitrogens with zero attached hydrogens (tertiary/aromatic N) is 3. The quantitative estimate of drug-likeness (QED) is 0.421. The number of likely N-dealkylation sites (N-methyl/N-ethyl adjacent to an activating group) is 1. The number of hydrogen-bond donors (Lipinski definition) is 1. The van der Waals surface area contributed by atoms with Crippen LogP contribution in [0.3, 0.4) is 0 Å². The fourth-order valence-electron chi connectivity index (χ4n) is 5.95. The maximum Gasteiger partial charge on any atom is 0.416 e. The molecule has 0 aliphatic carbocycles. The summed E-state index contributed by atoms with van der Waals surface area (Å²) < 4.78 is 74.9. The molecule has 14 heteroatoms. The zero-order valence-electron chi connectivity index (χ0n) is 26.2. The number of benzene rings is 2. The van der Waals surface area contributed by atoms with Gasteiger partial charge in [-0.2, -0.15) is 13.2 Å². The van der Waals surface area contributed by atoms with Crippen LogP contribution in [0.4, 0.5) is 13.2 Å². The standard InChI is InChI=1S/C33H37F3N4O6S/c1-22-17-24-9-8-23(22)10-16-47(44,45)40-13-11-32(12-14-40)31(43)37-29(38-32)25-18-26(33(34,35)36)20-28(19-25)46-15-6-4-3-5-7-27(41)21-39(2)30(24)42/h3-4,8-9,17-20H,5-7,10-16,21H2,1-2H3,(H,37,38,43)/b4-3+. The molecule has 0 aromatic heterocycles. The van der Waals surface area contributed by atoms with Gasteiger partial charge in [-0.1, -0.05) is 18.2 Å². The number of fused-ring (bicyclic) bond motifs is 2. The summed E-state index contributed by atoms with van der Waals surface area (Å²) in [4.78, 5) is 44.5. The molecule has 252 valence electrons. The predicted molar refractivity (Wildman–Crippen MR) is 169 cm³/mol. The fourth-order valence-corrected chi connectivity index (χ4v) is 7.42. The normalized spacial score (nSPS) is 25.1. The van der Waals surface area contributed by atoms with E-state index in [1.165, 1.54) is 15.3 Å². The molecule has 10 nitrogen and oxygen atoms in total. The molecule has 5 aliphatic rings. The van der Waals surface area contributed by atoms with Crippen LogP contribution in [0, 0.1) is 6.92 Å². The molecule has 1 saturated heterocycles. The zero-order chi connectivity index (χ0) is 34.0. The minimum absolute atomic E-state index is 0.0211. The lowest BCUT2D eigenvalue weighted by Crippen LogP contribution is -2.50. The molecule has 0 saturated carbocycles. The van der Waals surface area contributed by atoms with Gasteiger partial charge in [-0.05, 0) is 80.5 Å². The van der Waals surface area contributed by atoms with Crippen LogP contribution in [-0.4, -0.2) is 85.6 Å². The number of nitrogens with one attached hydrogen (secondary N) is 1. The second kappa shape index (κ2) is 13.6. The highest BCUT2D eigenvalue weighted by Gasteiger charge is 2.47. The Labute approximate surface area is 271 Å². The third kappa shape index (κ3) is 7.92. The van der Waals surface area contributed by atoms with E-state index in [0.29, 0.717) is 18.4 Å². The van der Waals surface area contributed by atoms with Gasteiger partial charge in [0.05, 0.1) is 24.5 Å². The van der Waals surface area contributed by atoms with Crippen LogP contribution in [-0.2, 0) is 32.2 Å². The van der Waals surface area contributed by atoms with Crippen LogP contribution < -0.4 is 10.1 Å². The number of piperidine rings is 1. The number of halogens is 3. The van der Waals surface area contributed by atoms with Gasteiger partial charge in [0.25, 0.3) is 11.8 Å². The third-order valence-corrected chi connectivity index (χ3v) is 10.6. The van der Waals surface area contributed by atoms with Crippen molar-refractivity contribution >= 4 is 33.5 Å². The number of alkyl halides is 3. The number of sulfonamides is 1. The molecule has 7 rings (SSSR count). The first kappa shape index (κ1) is 34.3. The molecule has 7 bridgehead atoms. The maximum atomic E-state index is 13.8. The molecular weight excluding hydrogens is 637 g/mol. The van der Waals surface area contributed by atoms with Crippen LogP contribution in [0.5, 0.6) is 5.75 Å². The van der Waals surface area contributed by atoms with Crippen LogP contribution >= 0.6 is 0 Å². The van der Waals surface area contributed by atoms with Crippen LogP contribution in [0.15, 0.2) is 53.5 Å². The average molecular weight is 675 g/mol. The summed E-state index contributed by atoms with van der Waals surface area (Å²) in [7, 11) is -2.18. The molecule has 5 aliphatic heterocycles. The molecule has 2 amide bonds. The van der Waals surface area contributed by atoms with Crippen molar-refractivity contribution in [1.82, 2.24) is 14.5 Å². The summed E-state index contributed by atoms with van der Waals surface area (Å²) in [6, 6.07) is 8.20. The monoisotopic (exact) mass is 674 g/mol. The first-order valence-corrected chi connectivity index (χ1v) is 17.0. The highest BCUT2D eigenvalue weighted by molar-refractivity contribution is 7.89. The Hall–Kier alpha value is -4.04. The van der Waals surface area contributed by atoms with Crippen molar-refractivity contribution in [3.05, 3.63) is 76.4 Å². The number of carbonyl (C=O) groups is 3. The SMILES string of the molecule is Cc1cc2ccc1CCS(=O)(=O)N1CCC3(CC1)N=C(NC3=O)c1cc(cc(C(F)(F)F)c1)OCC/C=C/CCC(=O)CN(C)C2=O. The Morgan fingerprint density at radius 3 is 2.38 bits per heavy atom. The lowest BCUT2D eigenvalue weighted by atomic mass is 9.89. The Kier molecular flexibility index (Phi) is 9.92. The van der Waals surface area contributed by atoms with Crippen molar-refractivity contribution < 1.29 is 40.7 Å². The number of aliphatic imine (C=N–C) groups is 1. The molecule has 1 N–H and O–H groups in total. The summed E-state index contributed by atoms with van der Waals surface area (Å²) in [5, 5.41) is 2.62. The number of allylic oxidation sites excluding steroid dienone is 1. The number of ether oxygens (including phenoxy) is 1. The van der Waals surface area contributed by atoms with Crippen molar-refractivity contribution in [3.8, 4) is 5.75 Å². The van der Waals surface area contributed by atoms with E-state index in [0.717, 1.165) is 23.3 Å². The van der Waals surface area contributed by atoms with Gasteiger partial charge in [0.1, 0.15) is 17.1 Å². The lowest BCUT2D eigenvalue weighted by molar-refractivity contribution is -0.137. The number of hydrogen-bond acceptors (Lipinski definition) is 7. The highest BCUT2D eigenvalue weighted by Crippen LogP contribution is 2.36. The minimum atomic E-state index is -4.68. The molecule has 0 radical (unpaired) electrons. The number of rotatable bonds is 0. The minimum Gasteiger partial charge on any atom is -0.493 e. The number of amides is 2. The Morgan fingerprint density at radius 2 is 1.68 bits per heavy atom. The number of aryl methyl sites for hydroxylation is 2. The number of ketones is 1. The van der Waals surface area contributed by atoms with Gasteiger partial charge in [0.15, 0.2) is 5.78 Å². The number of carbonyl (C=O) groups excluding carboxylic acids is 3. The summed E-state index contributed by atoms with van der Waals surface area (Å²) in [6.07, 6.45) is 0.204. The molecule has 0 unspecified atom stereocenters. The first-order chi connectivity index (χ1) is 22.2. The Morgan fingerprint density at radius 1 is 0.957 bits per heavy atom. The molecule has 2 aromatic rings. The van der Waals surface area contributed by atoms with Crippen molar-refractivity contribution in [2.24, 2.45) is 4.99 Å². The fraction of sp³-hybridized carbons (Fsp3) is 0.455. The summed E-state index contributed by atoms with van der Waals surface area (Å²) in [6.45, 7) is 1.83. The Balaban J connectivity index is 1.41. The van der Waals surface area contributed by atoms with Crippen molar-refractivity contribution in [1.29, 1.82) is 0 Å². The second-order valence-corrected chi connectivity index (χ2v) is 14.2. The van der Waals surface area contributed by atoms with Gasteiger partial charge in [-0.25, -0.2) is 12.7 Å².